The highest BCUT2D eigenvalue weighted by atomic mass is 35.5. The van der Waals surface area contributed by atoms with E-state index in [0.717, 1.165) is 11.6 Å². The summed E-state index contributed by atoms with van der Waals surface area (Å²) in [7, 11) is -3.83. The number of anilines is 2. The first-order valence-corrected chi connectivity index (χ1v) is 10.5. The molecule has 0 saturated carbocycles. The summed E-state index contributed by atoms with van der Waals surface area (Å²) >= 11 is 11.9. The molecule has 2 N–H and O–H groups in total. The molecular weight excluding hydrogens is 438 g/mol. The lowest BCUT2D eigenvalue weighted by Gasteiger charge is -2.11. The van der Waals surface area contributed by atoms with Crippen molar-refractivity contribution in [1.29, 1.82) is 0 Å². The van der Waals surface area contributed by atoms with Crippen LogP contribution in [0.25, 0.3) is 0 Å². The topological polar surface area (TPSA) is 75.3 Å². The Balaban J connectivity index is 1.78. The van der Waals surface area contributed by atoms with Gasteiger partial charge in [0, 0.05) is 11.3 Å². The van der Waals surface area contributed by atoms with E-state index >= 15 is 0 Å². The zero-order chi connectivity index (χ0) is 21.2. The number of rotatable bonds is 5. The van der Waals surface area contributed by atoms with Crippen molar-refractivity contribution in [2.45, 2.75) is 11.8 Å². The lowest BCUT2D eigenvalue weighted by atomic mass is 10.2. The van der Waals surface area contributed by atoms with Gasteiger partial charge in [0.25, 0.3) is 15.9 Å². The maximum absolute atomic E-state index is 13.2. The Bertz CT molecular complexity index is 1180. The molecule has 5 nitrogen and oxygen atoms in total. The number of aryl methyl sites for hydroxylation is 1. The van der Waals surface area contributed by atoms with Gasteiger partial charge in [-0.3, -0.25) is 9.52 Å². The first-order valence-electron chi connectivity index (χ1n) is 8.31. The van der Waals surface area contributed by atoms with Crippen molar-refractivity contribution in [2.75, 3.05) is 10.0 Å². The molecule has 0 aromatic heterocycles. The van der Waals surface area contributed by atoms with Crippen molar-refractivity contribution in [3.63, 3.8) is 0 Å². The zero-order valence-corrected chi connectivity index (χ0v) is 17.4. The highest BCUT2D eigenvalue weighted by Gasteiger charge is 2.17. The van der Waals surface area contributed by atoms with Crippen molar-refractivity contribution in [3.05, 3.63) is 87.7 Å². The molecule has 0 spiro atoms. The predicted octanol–water partition coefficient (Wildman–Crippen LogP) is 5.49. The molecule has 0 unspecified atom stereocenters. The lowest BCUT2D eigenvalue weighted by Crippen LogP contribution is -2.15. The molecule has 3 aromatic carbocycles. The van der Waals surface area contributed by atoms with Crippen LogP contribution in [0, 0.1) is 12.7 Å². The van der Waals surface area contributed by atoms with Gasteiger partial charge in [0.2, 0.25) is 0 Å². The highest BCUT2D eigenvalue weighted by Crippen LogP contribution is 2.27. The third-order valence-electron chi connectivity index (χ3n) is 3.98. The van der Waals surface area contributed by atoms with Gasteiger partial charge in [-0.2, -0.15) is 0 Å². The van der Waals surface area contributed by atoms with Crippen molar-refractivity contribution < 1.29 is 17.6 Å². The minimum absolute atomic E-state index is 0.0467. The molecule has 0 radical (unpaired) electrons. The first kappa shape index (κ1) is 21.1. The molecule has 0 bridgehead atoms. The lowest BCUT2D eigenvalue weighted by molar-refractivity contribution is 0.102. The quantitative estimate of drug-likeness (QED) is 0.536. The second-order valence-electron chi connectivity index (χ2n) is 6.20. The predicted molar refractivity (Wildman–Crippen MR) is 113 cm³/mol. The fourth-order valence-corrected chi connectivity index (χ4v) is 3.98. The minimum atomic E-state index is -3.83. The summed E-state index contributed by atoms with van der Waals surface area (Å²) in [6.07, 6.45) is 0. The maximum Gasteiger partial charge on any atom is 0.261 e. The summed E-state index contributed by atoms with van der Waals surface area (Å²) in [5, 5.41) is 2.49. The van der Waals surface area contributed by atoms with Crippen molar-refractivity contribution >= 4 is 50.5 Å². The summed E-state index contributed by atoms with van der Waals surface area (Å²) in [6, 6.07) is 14.3. The fraction of sp³-hybridized carbons (Fsp3) is 0.0500. The summed E-state index contributed by atoms with van der Waals surface area (Å²) in [4.78, 5) is 12.5. The summed E-state index contributed by atoms with van der Waals surface area (Å²) in [5.41, 5.74) is 1.56. The van der Waals surface area contributed by atoms with Crippen LogP contribution >= 0.6 is 23.2 Å². The largest absolute Gasteiger partial charge is 0.322 e. The molecule has 0 aliphatic carbocycles. The smallest absolute Gasteiger partial charge is 0.261 e. The van der Waals surface area contributed by atoms with Gasteiger partial charge in [-0.25, -0.2) is 12.8 Å². The number of carbonyl (C=O) groups is 1. The Hall–Kier alpha value is -2.61. The van der Waals surface area contributed by atoms with Gasteiger partial charge in [-0.1, -0.05) is 40.9 Å². The Morgan fingerprint density at radius 3 is 2.24 bits per heavy atom. The van der Waals surface area contributed by atoms with Crippen molar-refractivity contribution in [1.82, 2.24) is 0 Å². The van der Waals surface area contributed by atoms with E-state index in [4.69, 9.17) is 23.2 Å². The monoisotopic (exact) mass is 452 g/mol. The molecule has 0 aliphatic rings. The summed E-state index contributed by atoms with van der Waals surface area (Å²) < 4.78 is 40.6. The number of amides is 1. The van der Waals surface area contributed by atoms with Gasteiger partial charge in [-0.15, -0.1) is 0 Å². The number of benzene rings is 3. The Labute approximate surface area is 177 Å². The van der Waals surface area contributed by atoms with E-state index in [0.29, 0.717) is 5.69 Å². The molecule has 0 aliphatic heterocycles. The summed E-state index contributed by atoms with van der Waals surface area (Å²) in [5.74, 6) is -1.11. The highest BCUT2D eigenvalue weighted by molar-refractivity contribution is 7.92. The molecule has 1 amide bonds. The van der Waals surface area contributed by atoms with Crippen LogP contribution < -0.4 is 10.0 Å². The van der Waals surface area contributed by atoms with Crippen LogP contribution in [0.1, 0.15) is 15.9 Å². The average Bonchev–Trinajstić information content (AvgIpc) is 2.66. The molecular formula is C20H15Cl2FN2O3S. The van der Waals surface area contributed by atoms with Crippen molar-refractivity contribution in [2.24, 2.45) is 0 Å². The number of halogens is 3. The maximum atomic E-state index is 13.2. The molecule has 0 heterocycles. The molecule has 3 aromatic rings. The van der Waals surface area contributed by atoms with Gasteiger partial charge >= 0.3 is 0 Å². The van der Waals surface area contributed by atoms with Crippen LogP contribution in [0.3, 0.4) is 0 Å². The number of carbonyl (C=O) groups excluding carboxylic acids is 1. The Morgan fingerprint density at radius 2 is 1.62 bits per heavy atom. The third-order valence-corrected chi connectivity index (χ3v) is 5.97. The average molecular weight is 453 g/mol. The van der Waals surface area contributed by atoms with Crippen LogP contribution in [0.5, 0.6) is 0 Å². The molecule has 3 rings (SSSR count). The second kappa shape index (κ2) is 8.41. The van der Waals surface area contributed by atoms with Crippen LogP contribution in [0.2, 0.25) is 10.0 Å². The van der Waals surface area contributed by atoms with E-state index in [1.54, 1.807) is 12.1 Å². The Kier molecular flexibility index (Phi) is 6.12. The number of nitrogens with one attached hydrogen (secondary N) is 2. The number of hydrogen-bond donors (Lipinski definition) is 2. The van der Waals surface area contributed by atoms with Gasteiger partial charge in [0.1, 0.15) is 5.82 Å². The van der Waals surface area contributed by atoms with E-state index in [9.17, 15) is 17.6 Å². The molecule has 29 heavy (non-hydrogen) atoms. The van der Waals surface area contributed by atoms with Gasteiger partial charge in [0.15, 0.2) is 0 Å². The third kappa shape index (κ3) is 5.06. The SMILES string of the molecule is Cc1ccc(S(=O)(=O)Nc2ccc(C(=O)Nc3ccc(F)c(Cl)c3)cc2Cl)cc1. The van der Waals surface area contributed by atoms with Crippen LogP contribution in [-0.2, 0) is 10.0 Å². The minimum Gasteiger partial charge on any atom is -0.322 e. The van der Waals surface area contributed by atoms with Gasteiger partial charge < -0.3 is 5.32 Å². The molecule has 0 saturated heterocycles. The molecule has 0 atom stereocenters. The van der Waals surface area contributed by atoms with Crippen LogP contribution in [0.4, 0.5) is 15.8 Å². The van der Waals surface area contributed by atoms with E-state index in [-0.39, 0.29) is 26.2 Å². The molecule has 0 fully saturated rings. The van der Waals surface area contributed by atoms with Crippen LogP contribution in [-0.4, -0.2) is 14.3 Å². The number of hydrogen-bond acceptors (Lipinski definition) is 3. The van der Waals surface area contributed by atoms with E-state index in [1.165, 1.54) is 42.5 Å². The van der Waals surface area contributed by atoms with Crippen molar-refractivity contribution in [3.8, 4) is 0 Å². The normalized spacial score (nSPS) is 11.2. The van der Waals surface area contributed by atoms with Crippen LogP contribution in [0.15, 0.2) is 65.6 Å². The standard InChI is InChI=1S/C20H15Cl2FN2O3S/c1-12-2-6-15(7-3-12)29(27,28)25-19-9-4-13(10-17(19)22)20(26)24-14-5-8-18(23)16(21)11-14/h2-11,25H,1H3,(H,24,26). The van der Waals surface area contributed by atoms with Gasteiger partial charge in [0.05, 0.1) is 20.6 Å². The van der Waals surface area contributed by atoms with E-state index in [1.807, 2.05) is 6.92 Å². The van der Waals surface area contributed by atoms with E-state index in [2.05, 4.69) is 10.0 Å². The molecule has 9 heteroatoms. The first-order chi connectivity index (χ1) is 13.7. The fourth-order valence-electron chi connectivity index (χ4n) is 2.44. The van der Waals surface area contributed by atoms with Gasteiger partial charge in [-0.05, 0) is 55.5 Å². The van der Waals surface area contributed by atoms with E-state index < -0.39 is 21.7 Å². The summed E-state index contributed by atoms with van der Waals surface area (Å²) in [6.45, 7) is 1.85. The zero-order valence-electron chi connectivity index (χ0n) is 15.0. The second-order valence-corrected chi connectivity index (χ2v) is 8.69. The number of sulfonamides is 1. The molecule has 150 valence electrons. The Morgan fingerprint density at radius 1 is 0.931 bits per heavy atom.